The van der Waals surface area contributed by atoms with Crippen LogP contribution in [0.25, 0.3) is 17.2 Å². The minimum absolute atomic E-state index is 0.548. The van der Waals surface area contributed by atoms with Gasteiger partial charge in [0.1, 0.15) is 5.69 Å². The zero-order valence-electron chi connectivity index (χ0n) is 10.7. The molecule has 100 valence electrons. The molecule has 0 atom stereocenters. The van der Waals surface area contributed by atoms with E-state index in [2.05, 4.69) is 31.1 Å². The Morgan fingerprint density at radius 2 is 2.05 bits per heavy atom. The summed E-state index contributed by atoms with van der Waals surface area (Å²) in [4.78, 5) is 4.34. The van der Waals surface area contributed by atoms with Gasteiger partial charge in [-0.1, -0.05) is 28.1 Å². The Hall–Kier alpha value is -1.79. The molecule has 0 saturated carbocycles. The van der Waals surface area contributed by atoms with Crippen LogP contribution in [-0.2, 0) is 0 Å². The normalized spacial score (nSPS) is 10.7. The van der Waals surface area contributed by atoms with E-state index in [-0.39, 0.29) is 0 Å². The van der Waals surface area contributed by atoms with Gasteiger partial charge < -0.3 is 0 Å². The number of benzene rings is 1. The van der Waals surface area contributed by atoms with E-state index < -0.39 is 0 Å². The summed E-state index contributed by atoms with van der Waals surface area (Å²) < 4.78 is 3.48. The lowest BCUT2D eigenvalue weighted by Gasteiger charge is -2.10. The van der Waals surface area contributed by atoms with Crippen LogP contribution in [-0.4, -0.2) is 19.7 Å². The summed E-state index contributed by atoms with van der Waals surface area (Å²) in [6, 6.07) is 11.7. The first-order valence-electron chi connectivity index (χ1n) is 6.03. The van der Waals surface area contributed by atoms with Crippen LogP contribution >= 0.6 is 28.1 Å². The van der Waals surface area contributed by atoms with E-state index in [0.29, 0.717) is 10.6 Å². The zero-order chi connectivity index (χ0) is 14.1. The van der Waals surface area contributed by atoms with E-state index in [1.165, 1.54) is 0 Å². The van der Waals surface area contributed by atoms with Gasteiger partial charge in [0.15, 0.2) is 10.6 Å². The van der Waals surface area contributed by atoms with Crippen LogP contribution in [0.15, 0.2) is 47.1 Å². The van der Waals surface area contributed by atoms with Crippen LogP contribution in [0.5, 0.6) is 0 Å². The van der Waals surface area contributed by atoms with Gasteiger partial charge in [-0.2, -0.15) is 5.10 Å². The number of nitrogens with zero attached hydrogens (tertiary/aromatic N) is 3. The maximum Gasteiger partial charge on any atom is 0.200 e. The maximum atomic E-state index is 5.36. The Kier molecular flexibility index (Phi) is 3.50. The second-order valence-electron chi connectivity index (χ2n) is 4.29. The van der Waals surface area contributed by atoms with E-state index in [4.69, 9.17) is 12.2 Å². The molecule has 0 fully saturated rings. The molecule has 0 saturated heterocycles. The first-order valence-corrected chi connectivity index (χ1v) is 7.23. The van der Waals surface area contributed by atoms with Crippen LogP contribution in [0.2, 0.25) is 0 Å². The smallest absolute Gasteiger partial charge is 0.200 e. The second kappa shape index (κ2) is 5.30. The average Bonchev–Trinajstić information content (AvgIpc) is 2.85. The van der Waals surface area contributed by atoms with E-state index in [9.17, 15) is 0 Å². The summed E-state index contributed by atoms with van der Waals surface area (Å²) >= 11 is 8.90. The molecule has 4 nitrogen and oxygen atoms in total. The molecule has 0 aliphatic rings. The molecule has 2 heterocycles. The molecule has 0 spiro atoms. The number of aromatic amines is 1. The van der Waals surface area contributed by atoms with Gasteiger partial charge in [0.2, 0.25) is 0 Å². The fourth-order valence-corrected chi connectivity index (χ4v) is 2.61. The highest BCUT2D eigenvalue weighted by molar-refractivity contribution is 9.10. The molecule has 0 aliphatic carbocycles. The van der Waals surface area contributed by atoms with Crippen LogP contribution in [0.1, 0.15) is 5.56 Å². The quantitative estimate of drug-likeness (QED) is 0.711. The zero-order valence-corrected chi connectivity index (χ0v) is 13.1. The largest absolute Gasteiger partial charge is 0.267 e. The fourth-order valence-electron chi connectivity index (χ4n) is 2.03. The molecule has 0 radical (unpaired) electrons. The third-order valence-electron chi connectivity index (χ3n) is 3.05. The van der Waals surface area contributed by atoms with Crippen molar-refractivity contribution in [3.8, 4) is 17.2 Å². The van der Waals surface area contributed by atoms with Gasteiger partial charge in [0.25, 0.3) is 0 Å². The Balaban J connectivity index is 2.28. The molecule has 0 amide bonds. The summed E-state index contributed by atoms with van der Waals surface area (Å²) in [5, 5.41) is 7.14. The van der Waals surface area contributed by atoms with Crippen LogP contribution in [0.3, 0.4) is 0 Å². The molecule has 1 aromatic carbocycles. The van der Waals surface area contributed by atoms with Gasteiger partial charge >= 0.3 is 0 Å². The topological polar surface area (TPSA) is 46.5 Å². The van der Waals surface area contributed by atoms with Crippen molar-refractivity contribution in [1.29, 1.82) is 0 Å². The number of halogens is 1. The van der Waals surface area contributed by atoms with Gasteiger partial charge in [-0.25, -0.2) is 0 Å². The lowest BCUT2D eigenvalue weighted by molar-refractivity contribution is 1.01. The van der Waals surface area contributed by atoms with Crippen molar-refractivity contribution in [2.24, 2.45) is 0 Å². The minimum Gasteiger partial charge on any atom is -0.267 e. The molecule has 0 aliphatic heterocycles. The number of H-pyrrole nitrogens is 1. The van der Waals surface area contributed by atoms with E-state index in [1.807, 2.05) is 47.9 Å². The van der Waals surface area contributed by atoms with Gasteiger partial charge in [-0.3, -0.25) is 14.6 Å². The number of rotatable bonds is 2. The van der Waals surface area contributed by atoms with Crippen LogP contribution < -0.4 is 0 Å². The standard InChI is InChI=1S/C14H11BrN4S/c1-9-10(15)5-4-7-12(9)19-13(17-18-14(19)20)11-6-2-3-8-16-11/h2-8H,1H3,(H,18,20). The molecule has 3 rings (SSSR count). The van der Waals surface area contributed by atoms with Crippen molar-refractivity contribution in [3.63, 3.8) is 0 Å². The molecule has 20 heavy (non-hydrogen) atoms. The molecule has 2 aromatic heterocycles. The van der Waals surface area contributed by atoms with Gasteiger partial charge in [0, 0.05) is 10.7 Å². The first-order chi connectivity index (χ1) is 9.68. The van der Waals surface area contributed by atoms with Crippen molar-refractivity contribution < 1.29 is 0 Å². The third-order valence-corrected chi connectivity index (χ3v) is 4.18. The summed E-state index contributed by atoms with van der Waals surface area (Å²) in [6.07, 6.45) is 1.74. The van der Waals surface area contributed by atoms with Gasteiger partial charge in [-0.05, 0) is 49.0 Å². The number of hydrogen-bond acceptors (Lipinski definition) is 3. The predicted molar refractivity (Wildman–Crippen MR) is 84.4 cm³/mol. The Labute approximate surface area is 129 Å². The second-order valence-corrected chi connectivity index (χ2v) is 5.53. The lowest BCUT2D eigenvalue weighted by atomic mass is 10.2. The fraction of sp³-hybridized carbons (Fsp3) is 0.0714. The highest BCUT2D eigenvalue weighted by Crippen LogP contribution is 2.26. The summed E-state index contributed by atoms with van der Waals surface area (Å²) in [6.45, 7) is 2.04. The highest BCUT2D eigenvalue weighted by Gasteiger charge is 2.13. The minimum atomic E-state index is 0.548. The molecule has 3 aromatic rings. The number of aromatic nitrogens is 4. The van der Waals surface area contributed by atoms with E-state index >= 15 is 0 Å². The predicted octanol–water partition coefficient (Wildman–Crippen LogP) is 4.06. The van der Waals surface area contributed by atoms with Crippen LogP contribution in [0.4, 0.5) is 0 Å². The van der Waals surface area contributed by atoms with E-state index in [0.717, 1.165) is 21.4 Å². The van der Waals surface area contributed by atoms with Crippen molar-refractivity contribution in [1.82, 2.24) is 19.7 Å². The molecule has 6 heteroatoms. The van der Waals surface area contributed by atoms with Crippen LogP contribution in [0, 0.1) is 11.7 Å². The SMILES string of the molecule is Cc1c(Br)cccc1-n1c(-c2ccccn2)n[nH]c1=S. The number of nitrogens with one attached hydrogen (secondary N) is 1. The molecule has 0 bridgehead atoms. The Bertz CT molecular complexity index is 808. The first kappa shape index (κ1) is 13.2. The summed E-state index contributed by atoms with van der Waals surface area (Å²) in [5.41, 5.74) is 2.86. The molecular formula is C14H11BrN4S. The lowest BCUT2D eigenvalue weighted by Crippen LogP contribution is -2.01. The van der Waals surface area contributed by atoms with Crippen molar-refractivity contribution in [3.05, 3.63) is 57.4 Å². The van der Waals surface area contributed by atoms with E-state index in [1.54, 1.807) is 6.20 Å². The average molecular weight is 347 g/mol. The third kappa shape index (κ3) is 2.21. The molecule has 1 N–H and O–H groups in total. The van der Waals surface area contributed by atoms with Crippen molar-refractivity contribution in [2.45, 2.75) is 6.92 Å². The monoisotopic (exact) mass is 346 g/mol. The highest BCUT2D eigenvalue weighted by atomic mass is 79.9. The van der Waals surface area contributed by atoms with Gasteiger partial charge in [0.05, 0.1) is 5.69 Å². The maximum absolute atomic E-state index is 5.36. The summed E-state index contributed by atoms with van der Waals surface area (Å²) in [7, 11) is 0. The van der Waals surface area contributed by atoms with Gasteiger partial charge in [-0.15, -0.1) is 0 Å². The Morgan fingerprint density at radius 3 is 2.80 bits per heavy atom. The van der Waals surface area contributed by atoms with Crippen molar-refractivity contribution in [2.75, 3.05) is 0 Å². The summed E-state index contributed by atoms with van der Waals surface area (Å²) in [5.74, 6) is 0.705. The number of hydrogen-bond donors (Lipinski definition) is 1. The molecular weight excluding hydrogens is 336 g/mol. The van der Waals surface area contributed by atoms with Crippen molar-refractivity contribution >= 4 is 28.1 Å². The molecule has 0 unspecified atom stereocenters. The number of pyridine rings is 1. The Morgan fingerprint density at radius 1 is 1.20 bits per heavy atom.